The first-order chi connectivity index (χ1) is 10.9. The largest absolute Gasteiger partial charge is 0.444 e. The summed E-state index contributed by atoms with van der Waals surface area (Å²) < 4.78 is 5.48. The molecule has 1 aromatic heterocycles. The summed E-state index contributed by atoms with van der Waals surface area (Å²) in [6, 6.07) is 6.25. The first kappa shape index (κ1) is 17.8. The number of nitrogens with zero attached hydrogens (tertiary/aromatic N) is 2. The van der Waals surface area contributed by atoms with Gasteiger partial charge >= 0.3 is 6.09 Å². The van der Waals surface area contributed by atoms with Crippen LogP contribution in [0.15, 0.2) is 12.1 Å². The smallest absolute Gasteiger partial charge is 0.410 e. The van der Waals surface area contributed by atoms with Crippen molar-refractivity contribution in [3.63, 3.8) is 0 Å². The molecular formula is C17H25N3O2S. The lowest BCUT2D eigenvalue weighted by molar-refractivity contribution is 0.0221. The Morgan fingerprint density at radius 1 is 1.52 bits per heavy atom. The van der Waals surface area contributed by atoms with Crippen molar-refractivity contribution in [2.75, 3.05) is 13.1 Å². The molecule has 23 heavy (non-hydrogen) atoms. The SMILES string of the molecule is CC(C)(C)OC(=O)N1CCCC1CCNCc1ccc(C#N)s1. The lowest BCUT2D eigenvalue weighted by Gasteiger charge is -2.28. The van der Waals surface area contributed by atoms with Crippen LogP contribution < -0.4 is 5.32 Å². The second kappa shape index (κ2) is 7.80. The van der Waals surface area contributed by atoms with Crippen molar-refractivity contribution in [1.29, 1.82) is 5.26 Å². The fourth-order valence-corrected chi connectivity index (χ4v) is 3.48. The Bertz CT molecular complexity index is 571. The summed E-state index contributed by atoms with van der Waals surface area (Å²) in [5.41, 5.74) is -0.444. The monoisotopic (exact) mass is 335 g/mol. The van der Waals surface area contributed by atoms with E-state index in [0.717, 1.165) is 48.7 Å². The molecule has 5 nitrogen and oxygen atoms in total. The number of nitrogens with one attached hydrogen (secondary N) is 1. The van der Waals surface area contributed by atoms with Crippen molar-refractivity contribution in [3.8, 4) is 6.07 Å². The summed E-state index contributed by atoms with van der Waals surface area (Å²) >= 11 is 1.52. The predicted octanol–water partition coefficient (Wildman–Crippen LogP) is 3.50. The second-order valence-electron chi connectivity index (χ2n) is 6.81. The highest BCUT2D eigenvalue weighted by molar-refractivity contribution is 7.12. The zero-order valence-corrected chi connectivity index (χ0v) is 14.9. The number of ether oxygens (including phenoxy) is 1. The zero-order chi connectivity index (χ0) is 16.9. The van der Waals surface area contributed by atoms with Gasteiger partial charge in [0.05, 0.1) is 0 Å². The number of carbonyl (C=O) groups excluding carboxylic acids is 1. The lowest BCUT2D eigenvalue weighted by Crippen LogP contribution is -2.40. The van der Waals surface area contributed by atoms with Gasteiger partial charge in [-0.1, -0.05) is 0 Å². The minimum absolute atomic E-state index is 0.197. The Balaban J connectivity index is 1.74. The molecule has 1 atom stereocenters. The average molecular weight is 335 g/mol. The number of rotatable bonds is 5. The van der Waals surface area contributed by atoms with Gasteiger partial charge in [-0.05, 0) is 58.7 Å². The van der Waals surface area contributed by atoms with Crippen LogP contribution in [-0.2, 0) is 11.3 Å². The normalized spacial score (nSPS) is 18.0. The first-order valence-corrected chi connectivity index (χ1v) is 8.90. The van der Waals surface area contributed by atoms with Gasteiger partial charge in [-0.3, -0.25) is 0 Å². The molecule has 1 N–H and O–H groups in total. The topological polar surface area (TPSA) is 65.4 Å². The molecule has 1 unspecified atom stereocenters. The van der Waals surface area contributed by atoms with Crippen molar-refractivity contribution < 1.29 is 9.53 Å². The molecule has 1 aromatic rings. The highest BCUT2D eigenvalue weighted by Crippen LogP contribution is 2.23. The van der Waals surface area contributed by atoms with Crippen molar-refractivity contribution in [2.24, 2.45) is 0 Å². The van der Waals surface area contributed by atoms with E-state index in [4.69, 9.17) is 10.00 Å². The number of thiophene rings is 1. The molecule has 0 aromatic carbocycles. The molecule has 1 amide bonds. The fraction of sp³-hybridized carbons (Fsp3) is 0.647. The summed E-state index contributed by atoms with van der Waals surface area (Å²) in [6.45, 7) is 8.10. The number of amides is 1. The first-order valence-electron chi connectivity index (χ1n) is 8.08. The van der Waals surface area contributed by atoms with Crippen LogP contribution in [0.5, 0.6) is 0 Å². The number of carbonyl (C=O) groups is 1. The zero-order valence-electron chi connectivity index (χ0n) is 14.1. The van der Waals surface area contributed by atoms with E-state index in [0.29, 0.717) is 0 Å². The van der Waals surface area contributed by atoms with Gasteiger partial charge in [0.2, 0.25) is 0 Å². The summed E-state index contributed by atoms with van der Waals surface area (Å²) in [5, 5.41) is 12.2. The van der Waals surface area contributed by atoms with Crippen molar-refractivity contribution in [2.45, 2.75) is 58.2 Å². The van der Waals surface area contributed by atoms with Gasteiger partial charge in [0.1, 0.15) is 16.5 Å². The van der Waals surface area contributed by atoms with Crippen LogP contribution in [0.25, 0.3) is 0 Å². The van der Waals surface area contributed by atoms with Crippen LogP contribution in [-0.4, -0.2) is 35.7 Å². The van der Waals surface area contributed by atoms with E-state index in [-0.39, 0.29) is 12.1 Å². The minimum Gasteiger partial charge on any atom is -0.444 e. The highest BCUT2D eigenvalue weighted by atomic mass is 32.1. The van der Waals surface area contributed by atoms with Crippen LogP contribution in [0.3, 0.4) is 0 Å². The van der Waals surface area contributed by atoms with Gasteiger partial charge in [-0.2, -0.15) is 5.26 Å². The lowest BCUT2D eigenvalue weighted by atomic mass is 10.1. The van der Waals surface area contributed by atoms with Crippen LogP contribution in [0.1, 0.15) is 49.8 Å². The highest BCUT2D eigenvalue weighted by Gasteiger charge is 2.31. The number of likely N-dealkylation sites (tertiary alicyclic amines) is 1. The molecule has 1 aliphatic rings. The Morgan fingerprint density at radius 2 is 2.30 bits per heavy atom. The van der Waals surface area contributed by atoms with E-state index in [1.165, 1.54) is 11.3 Å². The van der Waals surface area contributed by atoms with Crippen LogP contribution in [0.4, 0.5) is 4.79 Å². The summed E-state index contributed by atoms with van der Waals surface area (Å²) in [7, 11) is 0. The fourth-order valence-electron chi connectivity index (χ4n) is 2.71. The Kier molecular flexibility index (Phi) is 6.03. The van der Waals surface area contributed by atoms with E-state index in [9.17, 15) is 4.79 Å². The van der Waals surface area contributed by atoms with Crippen molar-refractivity contribution in [1.82, 2.24) is 10.2 Å². The van der Waals surface area contributed by atoms with E-state index < -0.39 is 5.60 Å². The third-order valence-electron chi connectivity index (χ3n) is 3.73. The Hall–Kier alpha value is -1.58. The Morgan fingerprint density at radius 3 is 2.96 bits per heavy atom. The quantitative estimate of drug-likeness (QED) is 0.837. The molecule has 1 aliphatic heterocycles. The number of hydrogen-bond donors (Lipinski definition) is 1. The molecule has 126 valence electrons. The molecule has 0 bridgehead atoms. The van der Waals surface area contributed by atoms with E-state index in [1.54, 1.807) is 0 Å². The van der Waals surface area contributed by atoms with Gasteiger partial charge in [0, 0.05) is 24.0 Å². The van der Waals surface area contributed by atoms with Gasteiger partial charge in [0.25, 0.3) is 0 Å². The molecule has 0 radical (unpaired) electrons. The summed E-state index contributed by atoms with van der Waals surface area (Å²) in [5.74, 6) is 0. The third-order valence-corrected chi connectivity index (χ3v) is 4.72. The molecular weight excluding hydrogens is 310 g/mol. The van der Waals surface area contributed by atoms with E-state index in [2.05, 4.69) is 11.4 Å². The maximum atomic E-state index is 12.2. The van der Waals surface area contributed by atoms with E-state index in [1.807, 2.05) is 37.8 Å². The molecule has 2 rings (SSSR count). The molecule has 1 saturated heterocycles. The summed E-state index contributed by atoms with van der Waals surface area (Å²) in [6.07, 6.45) is 2.81. The molecule has 1 fully saturated rings. The molecule has 6 heteroatoms. The summed E-state index contributed by atoms with van der Waals surface area (Å²) in [4.78, 5) is 16.0. The number of nitriles is 1. The predicted molar refractivity (Wildman–Crippen MR) is 91.3 cm³/mol. The Labute approximate surface area is 142 Å². The van der Waals surface area contributed by atoms with Gasteiger partial charge in [-0.15, -0.1) is 11.3 Å². The van der Waals surface area contributed by atoms with Gasteiger partial charge < -0.3 is 15.0 Å². The molecule has 0 spiro atoms. The average Bonchev–Trinajstić information content (AvgIpc) is 3.10. The van der Waals surface area contributed by atoms with E-state index >= 15 is 0 Å². The minimum atomic E-state index is -0.444. The van der Waals surface area contributed by atoms with Gasteiger partial charge in [-0.25, -0.2) is 4.79 Å². The van der Waals surface area contributed by atoms with Crippen LogP contribution >= 0.6 is 11.3 Å². The molecule has 0 saturated carbocycles. The van der Waals surface area contributed by atoms with Gasteiger partial charge in [0.15, 0.2) is 0 Å². The third kappa shape index (κ3) is 5.52. The standard InChI is InChI=1S/C17H25N3O2S/c1-17(2,3)22-16(21)20-10-4-5-13(20)8-9-19-12-15-7-6-14(11-18)23-15/h6-7,13,19H,4-5,8-10,12H2,1-3H3. The van der Waals surface area contributed by atoms with Crippen molar-refractivity contribution >= 4 is 17.4 Å². The number of hydrogen-bond acceptors (Lipinski definition) is 5. The second-order valence-corrected chi connectivity index (χ2v) is 7.98. The molecule has 0 aliphatic carbocycles. The maximum Gasteiger partial charge on any atom is 0.410 e. The van der Waals surface area contributed by atoms with Crippen LogP contribution in [0, 0.1) is 11.3 Å². The van der Waals surface area contributed by atoms with Crippen molar-refractivity contribution in [3.05, 3.63) is 21.9 Å². The van der Waals surface area contributed by atoms with Crippen LogP contribution in [0.2, 0.25) is 0 Å². The maximum absolute atomic E-state index is 12.2. The molecule has 2 heterocycles.